The summed E-state index contributed by atoms with van der Waals surface area (Å²) in [5.74, 6) is 0. The Bertz CT molecular complexity index is 1310. The smallest absolute Gasteiger partial charge is 0.407 e. The average molecular weight is 1310 g/mol. The number of carbonyl (C=O) groups is 1. The lowest BCUT2D eigenvalue weighted by atomic mass is 10.2. The number of amides is 1. The summed E-state index contributed by atoms with van der Waals surface area (Å²) < 4.78 is 148. The lowest BCUT2D eigenvalue weighted by Gasteiger charge is -2.19. The van der Waals surface area contributed by atoms with Crippen LogP contribution in [0, 0.1) is 0 Å². The summed E-state index contributed by atoms with van der Waals surface area (Å²) in [6.07, 6.45) is -0.459. The molecule has 0 fully saturated rings. The average Bonchev–Trinajstić information content (AvgIpc) is 3.52. The first-order chi connectivity index (χ1) is 44.0. The van der Waals surface area contributed by atoms with Gasteiger partial charge in [-0.25, -0.2) is 4.79 Å². The molecule has 0 saturated carbocycles. The van der Waals surface area contributed by atoms with Crippen LogP contribution in [-0.2, 0) is 128 Å². The van der Waals surface area contributed by atoms with Crippen LogP contribution in [0.5, 0.6) is 0 Å². The van der Waals surface area contributed by atoms with Crippen molar-refractivity contribution in [3.05, 3.63) is 0 Å². The van der Waals surface area contributed by atoms with Crippen molar-refractivity contribution in [3.8, 4) is 0 Å². The Morgan fingerprint density at radius 1 is 0.213 bits per heavy atom. The van der Waals surface area contributed by atoms with Crippen LogP contribution in [0.4, 0.5) is 4.79 Å². The third-order valence-corrected chi connectivity index (χ3v) is 10.5. The molecule has 0 aliphatic carbocycles. The van der Waals surface area contributed by atoms with Gasteiger partial charge in [0.15, 0.2) is 0 Å². The second kappa shape index (κ2) is 78.6. The molecular formula is C59H120N2O28. The summed E-state index contributed by atoms with van der Waals surface area (Å²) in [6, 6.07) is 0. The van der Waals surface area contributed by atoms with Crippen molar-refractivity contribution in [1.82, 2.24) is 5.32 Å². The lowest BCUT2D eigenvalue weighted by molar-refractivity contribution is -0.0322. The number of nitrogens with one attached hydrogen (secondary N) is 1. The van der Waals surface area contributed by atoms with E-state index in [1.165, 1.54) is 0 Å². The van der Waals surface area contributed by atoms with Crippen molar-refractivity contribution < 1.29 is 133 Å². The maximum absolute atomic E-state index is 11.5. The molecule has 0 atom stereocenters. The summed E-state index contributed by atoms with van der Waals surface area (Å²) in [5, 5.41) is 2.63. The van der Waals surface area contributed by atoms with Gasteiger partial charge in [0.25, 0.3) is 0 Å². The van der Waals surface area contributed by atoms with E-state index in [9.17, 15) is 4.79 Å². The Morgan fingerprint density at radius 2 is 0.326 bits per heavy atom. The maximum atomic E-state index is 11.5. The first kappa shape index (κ1) is 87.2. The molecule has 0 aromatic heterocycles. The summed E-state index contributed by atoms with van der Waals surface area (Å²) >= 11 is 0. The Hall–Kier alpha value is -1.81. The molecule has 0 heterocycles. The molecule has 534 valence electrons. The fraction of sp³-hybridized carbons (Fsp3) is 0.983. The summed E-state index contributed by atoms with van der Waals surface area (Å²) in [4.78, 5) is 11.5. The first-order valence-corrected chi connectivity index (χ1v) is 31.6. The third kappa shape index (κ3) is 84.2. The highest BCUT2D eigenvalue weighted by Crippen LogP contribution is 2.06. The maximum Gasteiger partial charge on any atom is 0.407 e. The highest BCUT2D eigenvalue weighted by Gasteiger charge is 2.15. The molecule has 0 saturated heterocycles. The molecule has 0 aromatic rings. The van der Waals surface area contributed by atoms with Crippen molar-refractivity contribution in [2.24, 2.45) is 5.73 Å². The molecule has 30 nitrogen and oxygen atoms in total. The van der Waals surface area contributed by atoms with Crippen molar-refractivity contribution in [2.45, 2.75) is 26.4 Å². The van der Waals surface area contributed by atoms with Gasteiger partial charge in [0.1, 0.15) is 5.60 Å². The van der Waals surface area contributed by atoms with Crippen molar-refractivity contribution in [3.63, 3.8) is 0 Å². The molecule has 1 amide bonds. The van der Waals surface area contributed by atoms with Gasteiger partial charge in [-0.1, -0.05) is 0 Å². The predicted octanol–water partition coefficient (Wildman–Crippen LogP) is 0.901. The second-order valence-electron chi connectivity index (χ2n) is 19.1. The SMILES string of the molecule is CC(C)(C)OC(=O)NCCOCCOCCOCCOCCOCCOCCOCCOCCOCCOCCOCCOCCOCCOCCOCCOCCOCCOCCOCCOCCOCCOCCOCCOCCOCCOCCN. The zero-order chi connectivity index (χ0) is 64.1. The number of hydrogen-bond donors (Lipinski definition) is 2. The van der Waals surface area contributed by atoms with E-state index in [0.29, 0.717) is 357 Å². The highest BCUT2D eigenvalue weighted by molar-refractivity contribution is 5.67. The zero-order valence-electron chi connectivity index (χ0n) is 54.7. The number of alkyl carbamates (subject to hydrolysis) is 1. The largest absolute Gasteiger partial charge is 0.444 e. The Balaban J connectivity index is 3.10. The highest BCUT2D eigenvalue weighted by atomic mass is 16.6. The van der Waals surface area contributed by atoms with Crippen LogP contribution in [0.15, 0.2) is 0 Å². The Morgan fingerprint density at radius 3 is 0.438 bits per heavy atom. The molecule has 30 heteroatoms. The minimum atomic E-state index is -0.522. The van der Waals surface area contributed by atoms with E-state index in [2.05, 4.69) is 5.32 Å². The monoisotopic (exact) mass is 1300 g/mol. The van der Waals surface area contributed by atoms with Gasteiger partial charge in [-0.3, -0.25) is 0 Å². The predicted molar refractivity (Wildman–Crippen MR) is 325 cm³/mol. The molecule has 3 N–H and O–H groups in total. The fourth-order valence-corrected chi connectivity index (χ4v) is 6.22. The Labute approximate surface area is 531 Å². The van der Waals surface area contributed by atoms with Gasteiger partial charge in [0.05, 0.1) is 344 Å². The molecule has 0 aliphatic rings. The van der Waals surface area contributed by atoms with Crippen LogP contribution in [0.2, 0.25) is 0 Å². The van der Waals surface area contributed by atoms with E-state index in [-0.39, 0.29) is 0 Å². The molecule has 0 bridgehead atoms. The van der Waals surface area contributed by atoms with Gasteiger partial charge in [-0.05, 0) is 20.8 Å². The molecule has 0 rings (SSSR count). The van der Waals surface area contributed by atoms with Gasteiger partial charge < -0.3 is 139 Å². The summed E-state index contributed by atoms with van der Waals surface area (Å²) in [5.41, 5.74) is 4.83. The van der Waals surface area contributed by atoms with Gasteiger partial charge in [-0.2, -0.15) is 0 Å². The number of nitrogens with two attached hydrogens (primary N) is 1. The van der Waals surface area contributed by atoms with E-state index < -0.39 is 11.7 Å². The van der Waals surface area contributed by atoms with E-state index >= 15 is 0 Å². The Kier molecular flexibility index (Phi) is 77.0. The summed E-state index contributed by atoms with van der Waals surface area (Å²) in [7, 11) is 0. The lowest BCUT2D eigenvalue weighted by Crippen LogP contribution is -2.34. The summed E-state index contributed by atoms with van der Waals surface area (Å²) in [6.45, 7) is 31.5. The van der Waals surface area contributed by atoms with Gasteiger partial charge in [0, 0.05) is 13.1 Å². The van der Waals surface area contributed by atoms with E-state index in [4.69, 9.17) is 134 Å². The number of rotatable bonds is 80. The van der Waals surface area contributed by atoms with Crippen LogP contribution in [-0.4, -0.2) is 368 Å². The number of carbonyl (C=O) groups excluding carboxylic acids is 1. The zero-order valence-corrected chi connectivity index (χ0v) is 54.7. The molecule has 0 unspecified atom stereocenters. The van der Waals surface area contributed by atoms with Crippen LogP contribution < -0.4 is 11.1 Å². The van der Waals surface area contributed by atoms with Gasteiger partial charge in [-0.15, -0.1) is 0 Å². The quantitative estimate of drug-likeness (QED) is 0.0800. The van der Waals surface area contributed by atoms with Crippen LogP contribution in [0.25, 0.3) is 0 Å². The minimum absolute atomic E-state index is 0.374. The van der Waals surface area contributed by atoms with Crippen molar-refractivity contribution in [2.75, 3.05) is 357 Å². The molecule has 89 heavy (non-hydrogen) atoms. The molecular weight excluding hydrogens is 1180 g/mol. The minimum Gasteiger partial charge on any atom is -0.444 e. The second-order valence-corrected chi connectivity index (χ2v) is 19.1. The van der Waals surface area contributed by atoms with Crippen LogP contribution in [0.1, 0.15) is 20.8 Å². The topological polar surface area (TPSA) is 304 Å². The first-order valence-electron chi connectivity index (χ1n) is 31.6. The van der Waals surface area contributed by atoms with Gasteiger partial charge >= 0.3 is 6.09 Å². The number of hydrogen-bond acceptors (Lipinski definition) is 29. The molecule has 0 aliphatic heterocycles. The number of ether oxygens (including phenoxy) is 27. The molecule has 0 spiro atoms. The van der Waals surface area contributed by atoms with E-state index in [1.807, 2.05) is 20.8 Å². The normalized spacial score (nSPS) is 11.9. The molecule has 0 radical (unpaired) electrons. The molecule has 0 aromatic carbocycles. The van der Waals surface area contributed by atoms with E-state index in [0.717, 1.165) is 0 Å². The standard InChI is InChI=1S/C59H120N2O28/c1-59(2,3)89-58(62)61-5-7-64-9-11-66-13-15-68-17-19-70-21-23-72-25-27-74-29-31-76-33-35-78-37-39-80-41-43-82-45-47-84-49-51-86-53-55-88-57-56-87-54-52-85-50-48-83-46-44-81-42-40-79-38-36-77-34-32-75-30-28-73-26-24-71-22-20-69-18-16-67-14-12-65-10-8-63-6-4-60/h4-57,60H2,1-3H3,(H,61,62). The van der Waals surface area contributed by atoms with Crippen LogP contribution in [0.3, 0.4) is 0 Å². The fourth-order valence-electron chi connectivity index (χ4n) is 6.22. The van der Waals surface area contributed by atoms with Gasteiger partial charge in [0.2, 0.25) is 0 Å². The third-order valence-electron chi connectivity index (χ3n) is 10.5. The van der Waals surface area contributed by atoms with Crippen molar-refractivity contribution >= 4 is 6.09 Å². The van der Waals surface area contributed by atoms with E-state index in [1.54, 1.807) is 0 Å². The van der Waals surface area contributed by atoms with Crippen LogP contribution >= 0.6 is 0 Å². The van der Waals surface area contributed by atoms with Crippen molar-refractivity contribution in [1.29, 1.82) is 0 Å².